The second-order valence-corrected chi connectivity index (χ2v) is 5.06. The van der Waals surface area contributed by atoms with Crippen LogP contribution in [-0.2, 0) is 0 Å². The molecule has 132 valence electrons. The maximum Gasteiger partial charge on any atom is 0.275 e. The second-order valence-electron chi connectivity index (χ2n) is 5.06. The van der Waals surface area contributed by atoms with E-state index in [9.17, 15) is 9.90 Å². The SMILES string of the molecule is COc1cc(OC)c(C(C)=NNC(=O)c2ccccc2O)c(OC)c1. The van der Waals surface area contributed by atoms with E-state index >= 15 is 0 Å². The summed E-state index contributed by atoms with van der Waals surface area (Å²) in [5.74, 6) is 0.920. The monoisotopic (exact) mass is 344 g/mol. The predicted molar refractivity (Wildman–Crippen MR) is 93.9 cm³/mol. The van der Waals surface area contributed by atoms with Gasteiger partial charge in [0.1, 0.15) is 23.0 Å². The zero-order chi connectivity index (χ0) is 18.4. The molecule has 7 nitrogen and oxygen atoms in total. The Morgan fingerprint density at radius 1 is 1.04 bits per heavy atom. The quantitative estimate of drug-likeness (QED) is 0.621. The highest BCUT2D eigenvalue weighted by molar-refractivity contribution is 6.05. The summed E-state index contributed by atoms with van der Waals surface area (Å²) in [6.45, 7) is 1.71. The second kappa shape index (κ2) is 8.05. The van der Waals surface area contributed by atoms with Crippen molar-refractivity contribution in [3.63, 3.8) is 0 Å². The van der Waals surface area contributed by atoms with Gasteiger partial charge in [-0.15, -0.1) is 0 Å². The lowest BCUT2D eigenvalue weighted by Gasteiger charge is -2.15. The van der Waals surface area contributed by atoms with Crippen LogP contribution in [0.5, 0.6) is 23.0 Å². The van der Waals surface area contributed by atoms with Gasteiger partial charge in [0.2, 0.25) is 0 Å². The average Bonchev–Trinajstić information content (AvgIpc) is 2.64. The Morgan fingerprint density at radius 3 is 2.16 bits per heavy atom. The molecule has 2 rings (SSSR count). The third kappa shape index (κ3) is 4.00. The van der Waals surface area contributed by atoms with Crippen molar-refractivity contribution in [2.75, 3.05) is 21.3 Å². The first-order chi connectivity index (χ1) is 12.0. The summed E-state index contributed by atoms with van der Waals surface area (Å²) in [7, 11) is 4.58. The van der Waals surface area contributed by atoms with E-state index in [1.165, 1.54) is 26.4 Å². The van der Waals surface area contributed by atoms with Crippen LogP contribution < -0.4 is 19.6 Å². The Bertz CT molecular complexity index is 777. The summed E-state index contributed by atoms with van der Waals surface area (Å²) >= 11 is 0. The molecule has 0 heterocycles. The number of phenols is 1. The normalized spacial score (nSPS) is 11.0. The van der Waals surface area contributed by atoms with E-state index in [4.69, 9.17) is 14.2 Å². The smallest absolute Gasteiger partial charge is 0.275 e. The number of carbonyl (C=O) groups is 1. The van der Waals surface area contributed by atoms with Gasteiger partial charge < -0.3 is 19.3 Å². The molecule has 0 saturated heterocycles. The van der Waals surface area contributed by atoms with E-state index in [0.29, 0.717) is 28.5 Å². The summed E-state index contributed by atoms with van der Waals surface area (Å²) in [6, 6.07) is 9.61. The molecule has 0 saturated carbocycles. The predicted octanol–water partition coefficient (Wildman–Crippen LogP) is 2.57. The molecular weight excluding hydrogens is 324 g/mol. The van der Waals surface area contributed by atoms with Crippen molar-refractivity contribution in [1.29, 1.82) is 0 Å². The number of hydrazone groups is 1. The number of aromatic hydroxyl groups is 1. The number of methoxy groups -OCH3 is 3. The van der Waals surface area contributed by atoms with E-state index < -0.39 is 5.91 Å². The number of rotatable bonds is 6. The summed E-state index contributed by atoms with van der Waals surface area (Å²) in [5, 5.41) is 13.8. The van der Waals surface area contributed by atoms with Crippen LogP contribution in [0.2, 0.25) is 0 Å². The van der Waals surface area contributed by atoms with Crippen LogP contribution in [0.1, 0.15) is 22.8 Å². The molecule has 0 unspecified atom stereocenters. The number of nitrogens with zero attached hydrogens (tertiary/aromatic N) is 1. The molecule has 2 aromatic carbocycles. The molecule has 0 radical (unpaired) electrons. The van der Waals surface area contributed by atoms with Crippen molar-refractivity contribution < 1.29 is 24.1 Å². The summed E-state index contributed by atoms with van der Waals surface area (Å²) in [5.41, 5.74) is 3.61. The number of para-hydroxylation sites is 1. The molecule has 0 spiro atoms. The van der Waals surface area contributed by atoms with Crippen LogP contribution in [0.25, 0.3) is 0 Å². The average molecular weight is 344 g/mol. The number of ether oxygens (including phenoxy) is 3. The number of hydrogen-bond donors (Lipinski definition) is 2. The Hall–Kier alpha value is -3.22. The van der Waals surface area contributed by atoms with Crippen LogP contribution in [-0.4, -0.2) is 38.1 Å². The largest absolute Gasteiger partial charge is 0.507 e. The zero-order valence-electron chi connectivity index (χ0n) is 14.5. The number of amides is 1. The van der Waals surface area contributed by atoms with E-state index in [-0.39, 0.29) is 11.3 Å². The molecule has 0 aliphatic rings. The fraction of sp³-hybridized carbons (Fsp3) is 0.222. The number of hydrogen-bond acceptors (Lipinski definition) is 6. The minimum Gasteiger partial charge on any atom is -0.507 e. The van der Waals surface area contributed by atoms with Crippen molar-refractivity contribution in [3.8, 4) is 23.0 Å². The molecule has 0 aliphatic carbocycles. The van der Waals surface area contributed by atoms with Gasteiger partial charge in [-0.05, 0) is 19.1 Å². The van der Waals surface area contributed by atoms with Gasteiger partial charge in [-0.25, -0.2) is 5.43 Å². The fourth-order valence-corrected chi connectivity index (χ4v) is 2.28. The minimum absolute atomic E-state index is 0.118. The summed E-state index contributed by atoms with van der Waals surface area (Å²) in [6.07, 6.45) is 0. The molecule has 25 heavy (non-hydrogen) atoms. The molecule has 0 aliphatic heterocycles. The topological polar surface area (TPSA) is 89.4 Å². The summed E-state index contributed by atoms with van der Waals surface area (Å²) < 4.78 is 15.9. The maximum atomic E-state index is 12.1. The van der Waals surface area contributed by atoms with E-state index in [1.54, 1.807) is 38.3 Å². The highest BCUT2D eigenvalue weighted by Crippen LogP contribution is 2.34. The van der Waals surface area contributed by atoms with Crippen molar-refractivity contribution in [2.24, 2.45) is 5.10 Å². The highest BCUT2D eigenvalue weighted by atomic mass is 16.5. The number of nitrogens with one attached hydrogen (secondary N) is 1. The van der Waals surface area contributed by atoms with Gasteiger partial charge >= 0.3 is 0 Å². The van der Waals surface area contributed by atoms with Crippen LogP contribution in [0, 0.1) is 0 Å². The van der Waals surface area contributed by atoms with Crippen LogP contribution in [0.3, 0.4) is 0 Å². The van der Waals surface area contributed by atoms with Crippen LogP contribution >= 0.6 is 0 Å². The zero-order valence-corrected chi connectivity index (χ0v) is 14.5. The van der Waals surface area contributed by atoms with Gasteiger partial charge in [-0.2, -0.15) is 5.10 Å². The number of phenolic OH excluding ortho intramolecular Hbond substituents is 1. The molecule has 2 aromatic rings. The van der Waals surface area contributed by atoms with E-state index in [1.807, 2.05) is 0 Å². The van der Waals surface area contributed by atoms with Crippen LogP contribution in [0.15, 0.2) is 41.5 Å². The van der Waals surface area contributed by atoms with Crippen molar-refractivity contribution >= 4 is 11.6 Å². The fourth-order valence-electron chi connectivity index (χ4n) is 2.28. The number of benzene rings is 2. The van der Waals surface area contributed by atoms with Gasteiger partial charge in [0.15, 0.2) is 0 Å². The third-order valence-corrected chi connectivity index (χ3v) is 3.55. The lowest BCUT2D eigenvalue weighted by Crippen LogP contribution is -2.19. The van der Waals surface area contributed by atoms with Crippen molar-refractivity contribution in [2.45, 2.75) is 6.92 Å². The Morgan fingerprint density at radius 2 is 1.64 bits per heavy atom. The van der Waals surface area contributed by atoms with Gasteiger partial charge in [-0.1, -0.05) is 12.1 Å². The molecule has 0 fully saturated rings. The number of carbonyl (C=O) groups excluding carboxylic acids is 1. The molecule has 7 heteroatoms. The highest BCUT2D eigenvalue weighted by Gasteiger charge is 2.17. The Kier molecular flexibility index (Phi) is 5.84. The molecule has 1 amide bonds. The van der Waals surface area contributed by atoms with Gasteiger partial charge in [0.25, 0.3) is 5.91 Å². The molecular formula is C18H20N2O5. The first-order valence-corrected chi connectivity index (χ1v) is 7.44. The van der Waals surface area contributed by atoms with Crippen molar-refractivity contribution in [3.05, 3.63) is 47.5 Å². The first kappa shape index (κ1) is 18.1. The Balaban J connectivity index is 2.33. The molecule has 0 atom stereocenters. The lowest BCUT2D eigenvalue weighted by atomic mass is 10.1. The van der Waals surface area contributed by atoms with Gasteiger partial charge in [0, 0.05) is 12.1 Å². The molecule has 2 N–H and O–H groups in total. The van der Waals surface area contributed by atoms with Gasteiger partial charge in [0.05, 0.1) is 38.2 Å². The molecule has 0 bridgehead atoms. The lowest BCUT2D eigenvalue weighted by molar-refractivity contribution is 0.0952. The van der Waals surface area contributed by atoms with Crippen molar-refractivity contribution in [1.82, 2.24) is 5.43 Å². The Labute approximate surface area is 145 Å². The van der Waals surface area contributed by atoms with E-state index in [2.05, 4.69) is 10.5 Å². The standard InChI is InChI=1S/C18H20N2O5/c1-11(19-20-18(22)13-7-5-6-8-14(13)21)17-15(24-3)9-12(23-2)10-16(17)25-4/h5-10,21H,1-4H3,(H,20,22). The van der Waals surface area contributed by atoms with Crippen LogP contribution in [0.4, 0.5) is 0 Å². The summed E-state index contributed by atoms with van der Waals surface area (Å²) in [4.78, 5) is 12.1. The minimum atomic E-state index is -0.524. The van der Waals surface area contributed by atoms with Gasteiger partial charge in [-0.3, -0.25) is 4.79 Å². The van der Waals surface area contributed by atoms with E-state index in [0.717, 1.165) is 0 Å². The third-order valence-electron chi connectivity index (χ3n) is 3.55. The first-order valence-electron chi connectivity index (χ1n) is 7.44. The molecule has 0 aromatic heterocycles. The maximum absolute atomic E-state index is 12.1.